The van der Waals surface area contributed by atoms with Crippen LogP contribution in [-0.2, 0) is 0 Å². The molecule has 8 heteroatoms. The highest BCUT2D eigenvalue weighted by Gasteiger charge is 2.21. The van der Waals surface area contributed by atoms with Crippen molar-refractivity contribution in [2.24, 2.45) is 0 Å². The number of ether oxygens (including phenoxy) is 1. The maximum atomic E-state index is 12.8. The molecule has 1 N–H and O–H groups in total. The van der Waals surface area contributed by atoms with Gasteiger partial charge >= 0.3 is 0 Å². The average molecular weight is 394 g/mol. The zero-order chi connectivity index (χ0) is 21.1. The van der Waals surface area contributed by atoms with Crippen LogP contribution in [0.2, 0.25) is 0 Å². The van der Waals surface area contributed by atoms with Crippen LogP contribution in [0.3, 0.4) is 0 Å². The van der Waals surface area contributed by atoms with Crippen molar-refractivity contribution in [2.75, 3.05) is 7.11 Å². The number of aromatic nitrogens is 2. The quantitative estimate of drug-likeness (QED) is 0.505. The van der Waals surface area contributed by atoms with Gasteiger partial charge in [0.1, 0.15) is 5.75 Å². The number of non-ortho nitro benzene ring substituents is 1. The van der Waals surface area contributed by atoms with Crippen LogP contribution in [-0.4, -0.2) is 27.7 Å². The van der Waals surface area contributed by atoms with E-state index in [9.17, 15) is 14.9 Å². The summed E-state index contributed by atoms with van der Waals surface area (Å²) in [7, 11) is 1.41. The molecule has 2 aromatic carbocycles. The topological polar surface area (TPSA) is 99.3 Å². The number of benzene rings is 2. The van der Waals surface area contributed by atoms with E-state index < -0.39 is 10.8 Å². The number of nitro groups is 1. The van der Waals surface area contributed by atoms with Crippen LogP contribution in [0.15, 0.2) is 48.7 Å². The highest BCUT2D eigenvalue weighted by molar-refractivity contribution is 5.97. The van der Waals surface area contributed by atoms with Gasteiger partial charge in [-0.15, -0.1) is 0 Å². The molecule has 1 atom stereocenters. The van der Waals surface area contributed by atoms with Crippen molar-refractivity contribution in [1.82, 2.24) is 15.1 Å². The van der Waals surface area contributed by atoms with E-state index in [1.807, 2.05) is 49.7 Å². The molecule has 0 radical (unpaired) electrons. The second kappa shape index (κ2) is 8.14. The van der Waals surface area contributed by atoms with Gasteiger partial charge in [0.25, 0.3) is 11.6 Å². The van der Waals surface area contributed by atoms with E-state index in [4.69, 9.17) is 4.74 Å². The predicted molar refractivity (Wildman–Crippen MR) is 109 cm³/mol. The van der Waals surface area contributed by atoms with Gasteiger partial charge in [-0.2, -0.15) is 5.10 Å². The Bertz CT molecular complexity index is 1060. The standard InChI is InChI=1S/C21H22N4O4/c1-13-5-7-16(8-6-13)24-15(3)19(12-22-24)14(2)23-21(26)18-11-17(25(27)28)9-10-20(18)29-4/h5-12,14H,1-4H3,(H,23,26)/t14-/m0/s1. The number of rotatable bonds is 6. The Kier molecular flexibility index (Phi) is 5.63. The largest absolute Gasteiger partial charge is 0.496 e. The summed E-state index contributed by atoms with van der Waals surface area (Å²) in [5, 5.41) is 18.4. The molecule has 8 nitrogen and oxygen atoms in total. The summed E-state index contributed by atoms with van der Waals surface area (Å²) in [5.74, 6) is -0.187. The summed E-state index contributed by atoms with van der Waals surface area (Å²) < 4.78 is 6.99. The molecule has 150 valence electrons. The first-order valence-corrected chi connectivity index (χ1v) is 9.06. The van der Waals surface area contributed by atoms with Gasteiger partial charge in [0.05, 0.1) is 35.5 Å². The summed E-state index contributed by atoms with van der Waals surface area (Å²) in [4.78, 5) is 23.3. The number of carbonyl (C=O) groups excluding carboxylic acids is 1. The number of amides is 1. The minimum atomic E-state index is -0.546. The molecule has 0 unspecified atom stereocenters. The molecule has 0 fully saturated rings. The Hall–Kier alpha value is -3.68. The zero-order valence-corrected chi connectivity index (χ0v) is 16.7. The second-order valence-corrected chi connectivity index (χ2v) is 6.77. The molecule has 0 aliphatic rings. The van der Waals surface area contributed by atoms with Gasteiger partial charge in [-0.05, 0) is 39.0 Å². The summed E-state index contributed by atoms with van der Waals surface area (Å²) in [6, 6.07) is 11.6. The fourth-order valence-electron chi connectivity index (χ4n) is 3.13. The van der Waals surface area contributed by atoms with Gasteiger partial charge in [-0.1, -0.05) is 17.7 Å². The molecule has 0 aliphatic carbocycles. The highest BCUT2D eigenvalue weighted by Crippen LogP contribution is 2.26. The van der Waals surface area contributed by atoms with Gasteiger partial charge in [0.2, 0.25) is 0 Å². The van der Waals surface area contributed by atoms with Gasteiger partial charge < -0.3 is 10.1 Å². The monoisotopic (exact) mass is 394 g/mol. The van der Waals surface area contributed by atoms with Gasteiger partial charge in [-0.3, -0.25) is 14.9 Å². The molecule has 0 saturated heterocycles. The number of carbonyl (C=O) groups is 1. The Morgan fingerprint density at radius 2 is 1.90 bits per heavy atom. The zero-order valence-electron chi connectivity index (χ0n) is 16.7. The molecule has 3 aromatic rings. The van der Waals surface area contributed by atoms with E-state index in [2.05, 4.69) is 10.4 Å². The average Bonchev–Trinajstić information content (AvgIpc) is 3.09. The van der Waals surface area contributed by atoms with Gasteiger partial charge in [-0.25, -0.2) is 4.68 Å². The maximum absolute atomic E-state index is 12.8. The van der Waals surface area contributed by atoms with Crippen molar-refractivity contribution in [3.8, 4) is 11.4 Å². The van der Waals surface area contributed by atoms with Crippen LogP contribution in [0.25, 0.3) is 5.69 Å². The number of aryl methyl sites for hydroxylation is 1. The number of hydrogen-bond acceptors (Lipinski definition) is 5. The maximum Gasteiger partial charge on any atom is 0.270 e. The summed E-state index contributed by atoms with van der Waals surface area (Å²) in [6.45, 7) is 5.79. The highest BCUT2D eigenvalue weighted by atomic mass is 16.6. The van der Waals surface area contributed by atoms with E-state index in [0.29, 0.717) is 0 Å². The number of nitrogens with one attached hydrogen (secondary N) is 1. The normalized spacial score (nSPS) is 11.7. The Labute approximate surface area is 168 Å². The van der Waals surface area contributed by atoms with Crippen LogP contribution in [0.5, 0.6) is 5.75 Å². The lowest BCUT2D eigenvalue weighted by atomic mass is 10.1. The molecule has 0 saturated carbocycles. The Morgan fingerprint density at radius 3 is 2.52 bits per heavy atom. The second-order valence-electron chi connectivity index (χ2n) is 6.77. The number of nitrogens with zero attached hydrogens (tertiary/aromatic N) is 3. The fourth-order valence-corrected chi connectivity index (χ4v) is 3.13. The molecule has 29 heavy (non-hydrogen) atoms. The van der Waals surface area contributed by atoms with Crippen LogP contribution < -0.4 is 10.1 Å². The molecule has 1 amide bonds. The number of nitro benzene ring substituents is 1. The number of hydrogen-bond donors (Lipinski definition) is 1. The molecule has 1 aromatic heterocycles. The first kappa shape index (κ1) is 20.1. The van der Waals surface area contributed by atoms with E-state index in [1.54, 1.807) is 6.20 Å². The lowest BCUT2D eigenvalue weighted by Crippen LogP contribution is -2.27. The van der Waals surface area contributed by atoms with Crippen molar-refractivity contribution >= 4 is 11.6 Å². The lowest BCUT2D eigenvalue weighted by Gasteiger charge is -2.15. The number of methoxy groups -OCH3 is 1. The summed E-state index contributed by atoms with van der Waals surface area (Å²) in [6.07, 6.45) is 1.71. The van der Waals surface area contributed by atoms with E-state index >= 15 is 0 Å². The Morgan fingerprint density at radius 1 is 1.21 bits per heavy atom. The van der Waals surface area contributed by atoms with Crippen LogP contribution in [0.1, 0.15) is 40.1 Å². The minimum Gasteiger partial charge on any atom is -0.496 e. The van der Waals surface area contributed by atoms with E-state index in [0.717, 1.165) is 22.5 Å². The molecular weight excluding hydrogens is 372 g/mol. The van der Waals surface area contributed by atoms with Crippen LogP contribution in [0.4, 0.5) is 5.69 Å². The van der Waals surface area contributed by atoms with Crippen LogP contribution >= 0.6 is 0 Å². The third-order valence-corrected chi connectivity index (χ3v) is 4.78. The summed E-state index contributed by atoms with van der Waals surface area (Å²) >= 11 is 0. The summed E-state index contributed by atoms with van der Waals surface area (Å²) in [5.41, 5.74) is 3.77. The van der Waals surface area contributed by atoms with Crippen LogP contribution in [0, 0.1) is 24.0 Å². The van der Waals surface area contributed by atoms with E-state index in [1.165, 1.54) is 25.3 Å². The first-order valence-electron chi connectivity index (χ1n) is 9.06. The lowest BCUT2D eigenvalue weighted by molar-refractivity contribution is -0.384. The molecule has 0 aliphatic heterocycles. The fraction of sp³-hybridized carbons (Fsp3) is 0.238. The van der Waals surface area contributed by atoms with Crippen molar-refractivity contribution < 1.29 is 14.5 Å². The van der Waals surface area contributed by atoms with Crippen molar-refractivity contribution in [3.05, 3.63) is 81.2 Å². The van der Waals surface area contributed by atoms with Crippen molar-refractivity contribution in [3.63, 3.8) is 0 Å². The smallest absolute Gasteiger partial charge is 0.270 e. The molecule has 3 rings (SSSR count). The molecule has 0 bridgehead atoms. The Balaban J connectivity index is 1.85. The van der Waals surface area contributed by atoms with Crippen molar-refractivity contribution in [1.29, 1.82) is 0 Å². The minimum absolute atomic E-state index is 0.108. The molecular formula is C21H22N4O4. The predicted octanol–water partition coefficient (Wildman–Crippen LogP) is 3.90. The van der Waals surface area contributed by atoms with E-state index in [-0.39, 0.29) is 23.0 Å². The van der Waals surface area contributed by atoms with Gasteiger partial charge in [0, 0.05) is 23.4 Å². The van der Waals surface area contributed by atoms with Gasteiger partial charge in [0.15, 0.2) is 0 Å². The molecule has 1 heterocycles. The van der Waals surface area contributed by atoms with Crippen molar-refractivity contribution in [2.45, 2.75) is 26.8 Å². The first-order chi connectivity index (χ1) is 13.8. The third-order valence-electron chi connectivity index (χ3n) is 4.78. The molecule has 0 spiro atoms. The SMILES string of the molecule is COc1ccc([N+](=O)[O-])cc1C(=O)N[C@@H](C)c1cnn(-c2ccc(C)cc2)c1C. The third kappa shape index (κ3) is 4.11.